The predicted octanol–water partition coefficient (Wildman–Crippen LogP) is 3.62. The highest BCUT2D eigenvalue weighted by atomic mass is 35.5. The SMILES string of the molecule is CCCC(C)C(=O)NC1CCCc2cc(N)ccc21.Cl. The molecule has 2 unspecified atom stereocenters. The lowest BCUT2D eigenvalue weighted by molar-refractivity contribution is -0.125. The molecule has 1 aromatic rings. The summed E-state index contributed by atoms with van der Waals surface area (Å²) in [6.07, 6.45) is 5.21. The zero-order valence-corrected chi connectivity index (χ0v) is 13.1. The van der Waals surface area contributed by atoms with Crippen molar-refractivity contribution in [3.05, 3.63) is 29.3 Å². The molecule has 0 aliphatic heterocycles. The van der Waals surface area contributed by atoms with E-state index in [1.165, 1.54) is 11.1 Å². The van der Waals surface area contributed by atoms with Crippen molar-refractivity contribution in [2.24, 2.45) is 5.92 Å². The highest BCUT2D eigenvalue weighted by Gasteiger charge is 2.23. The van der Waals surface area contributed by atoms with E-state index in [2.05, 4.69) is 18.3 Å². The number of nitrogens with two attached hydrogens (primary N) is 1. The molecule has 2 rings (SSSR count). The summed E-state index contributed by atoms with van der Waals surface area (Å²) in [7, 11) is 0. The molecule has 0 spiro atoms. The lowest BCUT2D eigenvalue weighted by atomic mass is 9.87. The predicted molar refractivity (Wildman–Crippen MR) is 86.0 cm³/mol. The second kappa shape index (κ2) is 7.53. The van der Waals surface area contributed by atoms with Gasteiger partial charge in [0.2, 0.25) is 5.91 Å². The third kappa shape index (κ3) is 3.89. The van der Waals surface area contributed by atoms with Crippen LogP contribution in [0.2, 0.25) is 0 Å². The fourth-order valence-electron chi connectivity index (χ4n) is 2.86. The first-order chi connectivity index (χ1) is 9.11. The van der Waals surface area contributed by atoms with Gasteiger partial charge in [-0.15, -0.1) is 12.4 Å². The topological polar surface area (TPSA) is 55.1 Å². The Morgan fingerprint density at radius 1 is 1.50 bits per heavy atom. The van der Waals surface area contributed by atoms with E-state index in [1.54, 1.807) is 0 Å². The van der Waals surface area contributed by atoms with Crippen LogP contribution in [0.15, 0.2) is 18.2 Å². The minimum absolute atomic E-state index is 0. The Labute approximate surface area is 127 Å². The standard InChI is InChI=1S/C16H24N2O.ClH/c1-3-5-11(2)16(19)18-15-7-4-6-12-10-13(17)8-9-14(12)15;/h8-11,15H,3-7,17H2,1-2H3,(H,18,19);1H. The van der Waals surface area contributed by atoms with Gasteiger partial charge in [0, 0.05) is 11.6 Å². The van der Waals surface area contributed by atoms with Crippen LogP contribution in [0.5, 0.6) is 0 Å². The summed E-state index contributed by atoms with van der Waals surface area (Å²) < 4.78 is 0. The van der Waals surface area contributed by atoms with Crippen LogP contribution in [0.1, 0.15) is 56.7 Å². The van der Waals surface area contributed by atoms with Gasteiger partial charge in [-0.1, -0.05) is 26.3 Å². The molecule has 2 atom stereocenters. The van der Waals surface area contributed by atoms with E-state index in [0.717, 1.165) is 37.8 Å². The van der Waals surface area contributed by atoms with Gasteiger partial charge in [-0.2, -0.15) is 0 Å². The second-order valence-electron chi connectivity index (χ2n) is 5.60. The third-order valence-electron chi connectivity index (χ3n) is 3.97. The monoisotopic (exact) mass is 296 g/mol. The number of hydrogen-bond donors (Lipinski definition) is 2. The molecule has 1 aromatic carbocycles. The molecule has 0 saturated carbocycles. The second-order valence-corrected chi connectivity index (χ2v) is 5.60. The average Bonchev–Trinajstić information content (AvgIpc) is 2.38. The van der Waals surface area contributed by atoms with Crippen molar-refractivity contribution >= 4 is 24.0 Å². The zero-order chi connectivity index (χ0) is 13.8. The summed E-state index contributed by atoms with van der Waals surface area (Å²) in [4.78, 5) is 12.1. The summed E-state index contributed by atoms with van der Waals surface area (Å²) >= 11 is 0. The van der Waals surface area contributed by atoms with Gasteiger partial charge in [0.05, 0.1) is 6.04 Å². The largest absolute Gasteiger partial charge is 0.399 e. The summed E-state index contributed by atoms with van der Waals surface area (Å²) in [6.45, 7) is 4.12. The molecule has 4 heteroatoms. The molecular weight excluding hydrogens is 272 g/mol. The van der Waals surface area contributed by atoms with E-state index in [1.807, 2.05) is 19.1 Å². The summed E-state index contributed by atoms with van der Waals surface area (Å²) in [5, 5.41) is 3.20. The molecule has 0 radical (unpaired) electrons. The minimum atomic E-state index is 0. The highest BCUT2D eigenvalue weighted by Crippen LogP contribution is 2.31. The number of nitrogens with one attached hydrogen (secondary N) is 1. The maximum atomic E-state index is 12.1. The normalized spacial score (nSPS) is 18.6. The van der Waals surface area contributed by atoms with Gasteiger partial charge in [-0.05, 0) is 48.9 Å². The molecule has 20 heavy (non-hydrogen) atoms. The van der Waals surface area contributed by atoms with E-state index in [4.69, 9.17) is 5.73 Å². The maximum absolute atomic E-state index is 12.1. The first-order valence-electron chi connectivity index (χ1n) is 7.30. The quantitative estimate of drug-likeness (QED) is 0.834. The molecule has 0 fully saturated rings. The van der Waals surface area contributed by atoms with Crippen molar-refractivity contribution in [2.75, 3.05) is 5.73 Å². The van der Waals surface area contributed by atoms with Crippen LogP contribution in [0.4, 0.5) is 5.69 Å². The highest BCUT2D eigenvalue weighted by molar-refractivity contribution is 5.85. The number of halogens is 1. The first kappa shape index (κ1) is 16.8. The zero-order valence-electron chi connectivity index (χ0n) is 12.3. The number of amides is 1. The van der Waals surface area contributed by atoms with Crippen molar-refractivity contribution in [3.63, 3.8) is 0 Å². The number of carbonyl (C=O) groups excluding carboxylic acids is 1. The van der Waals surface area contributed by atoms with Crippen LogP contribution in [0, 0.1) is 5.92 Å². The number of fused-ring (bicyclic) bond motifs is 1. The molecule has 112 valence electrons. The smallest absolute Gasteiger partial charge is 0.223 e. The Kier molecular flexibility index (Phi) is 6.34. The lowest BCUT2D eigenvalue weighted by Gasteiger charge is -2.27. The number of anilines is 1. The molecule has 3 nitrogen and oxygen atoms in total. The van der Waals surface area contributed by atoms with Crippen LogP contribution >= 0.6 is 12.4 Å². The number of hydrogen-bond acceptors (Lipinski definition) is 2. The number of rotatable bonds is 4. The third-order valence-corrected chi connectivity index (χ3v) is 3.97. The molecule has 1 aliphatic carbocycles. The van der Waals surface area contributed by atoms with E-state index >= 15 is 0 Å². The lowest BCUT2D eigenvalue weighted by Crippen LogP contribution is -2.34. The van der Waals surface area contributed by atoms with Gasteiger partial charge in [0.1, 0.15) is 0 Å². The summed E-state index contributed by atoms with van der Waals surface area (Å²) in [5.41, 5.74) is 9.18. The van der Waals surface area contributed by atoms with E-state index < -0.39 is 0 Å². The van der Waals surface area contributed by atoms with Gasteiger partial charge < -0.3 is 11.1 Å². The molecule has 0 saturated heterocycles. The Balaban J connectivity index is 0.00000200. The number of benzene rings is 1. The minimum Gasteiger partial charge on any atom is -0.399 e. The Bertz CT molecular complexity index is 462. The Hall–Kier alpha value is -1.22. The van der Waals surface area contributed by atoms with Crippen molar-refractivity contribution in [1.82, 2.24) is 5.32 Å². The molecular formula is C16H25ClN2O. The molecule has 3 N–H and O–H groups in total. The summed E-state index contributed by atoms with van der Waals surface area (Å²) in [5.74, 6) is 0.278. The van der Waals surface area contributed by atoms with Crippen LogP contribution in [-0.2, 0) is 11.2 Å². The Morgan fingerprint density at radius 2 is 2.25 bits per heavy atom. The first-order valence-corrected chi connectivity index (χ1v) is 7.30. The molecule has 0 heterocycles. The van der Waals surface area contributed by atoms with Crippen LogP contribution < -0.4 is 11.1 Å². The van der Waals surface area contributed by atoms with Crippen LogP contribution in [-0.4, -0.2) is 5.91 Å². The van der Waals surface area contributed by atoms with E-state index in [9.17, 15) is 4.79 Å². The van der Waals surface area contributed by atoms with Crippen molar-refractivity contribution in [1.29, 1.82) is 0 Å². The fourth-order valence-corrected chi connectivity index (χ4v) is 2.86. The number of aryl methyl sites for hydroxylation is 1. The number of carbonyl (C=O) groups is 1. The van der Waals surface area contributed by atoms with Crippen LogP contribution in [0.3, 0.4) is 0 Å². The average molecular weight is 297 g/mol. The molecule has 0 bridgehead atoms. The summed E-state index contributed by atoms with van der Waals surface area (Å²) in [6, 6.07) is 6.21. The van der Waals surface area contributed by atoms with Crippen molar-refractivity contribution in [2.45, 2.75) is 52.0 Å². The van der Waals surface area contributed by atoms with Crippen LogP contribution in [0.25, 0.3) is 0 Å². The van der Waals surface area contributed by atoms with Gasteiger partial charge >= 0.3 is 0 Å². The van der Waals surface area contributed by atoms with E-state index in [-0.39, 0.29) is 30.3 Å². The van der Waals surface area contributed by atoms with E-state index in [0.29, 0.717) is 0 Å². The number of nitrogen functional groups attached to an aromatic ring is 1. The van der Waals surface area contributed by atoms with Gasteiger partial charge in [-0.3, -0.25) is 4.79 Å². The fraction of sp³-hybridized carbons (Fsp3) is 0.562. The maximum Gasteiger partial charge on any atom is 0.223 e. The molecule has 0 aromatic heterocycles. The van der Waals surface area contributed by atoms with Crippen molar-refractivity contribution in [3.8, 4) is 0 Å². The van der Waals surface area contributed by atoms with Crippen molar-refractivity contribution < 1.29 is 4.79 Å². The Morgan fingerprint density at radius 3 is 2.95 bits per heavy atom. The van der Waals surface area contributed by atoms with Gasteiger partial charge in [0.15, 0.2) is 0 Å². The molecule has 1 aliphatic rings. The van der Waals surface area contributed by atoms with Gasteiger partial charge in [0.25, 0.3) is 0 Å². The van der Waals surface area contributed by atoms with Gasteiger partial charge in [-0.25, -0.2) is 0 Å². The molecule has 1 amide bonds.